The van der Waals surface area contributed by atoms with Gasteiger partial charge in [0.25, 0.3) is 0 Å². The molecule has 2 aromatic heterocycles. The molecule has 1 aliphatic rings. The second kappa shape index (κ2) is 6.58. The molecule has 1 fully saturated rings. The van der Waals surface area contributed by atoms with Crippen LogP contribution < -0.4 is 0 Å². The predicted octanol–water partition coefficient (Wildman–Crippen LogP) is 3.75. The first-order valence-corrected chi connectivity index (χ1v) is 8.77. The Morgan fingerprint density at radius 3 is 2.76 bits per heavy atom. The molecule has 0 radical (unpaired) electrons. The molecule has 3 aromatic rings. The molecule has 0 spiro atoms. The Balaban J connectivity index is 1.81. The Hall–Kier alpha value is -2.24. The van der Waals surface area contributed by atoms with Crippen LogP contribution in [0.3, 0.4) is 0 Å². The van der Waals surface area contributed by atoms with E-state index < -0.39 is 0 Å². The second-order valence-electron chi connectivity index (χ2n) is 6.54. The van der Waals surface area contributed by atoms with Crippen LogP contribution in [0.4, 0.5) is 0 Å². The number of phenols is 1. The van der Waals surface area contributed by atoms with E-state index in [0.29, 0.717) is 22.7 Å². The Kier molecular flexibility index (Phi) is 4.27. The lowest BCUT2D eigenvalue weighted by atomic mass is 9.96. The van der Waals surface area contributed by atoms with Crippen LogP contribution in [0.2, 0.25) is 5.02 Å². The van der Waals surface area contributed by atoms with E-state index in [0.717, 1.165) is 35.7 Å². The van der Waals surface area contributed by atoms with E-state index in [2.05, 4.69) is 15.2 Å². The number of aromatic hydroxyl groups is 1. The van der Waals surface area contributed by atoms with Crippen molar-refractivity contribution >= 4 is 22.4 Å². The summed E-state index contributed by atoms with van der Waals surface area (Å²) in [5, 5.41) is 31.4. The molecule has 0 bridgehead atoms. The van der Waals surface area contributed by atoms with Crippen LogP contribution in [0.1, 0.15) is 25.0 Å². The number of nitrogens with zero attached hydrogens (tertiary/aromatic N) is 3. The van der Waals surface area contributed by atoms with Crippen LogP contribution in [0.5, 0.6) is 5.75 Å². The molecule has 2 N–H and O–H groups in total. The number of halogens is 1. The number of aromatic nitrogens is 3. The van der Waals surface area contributed by atoms with Gasteiger partial charge >= 0.3 is 0 Å². The Bertz CT molecular complexity index is 932. The summed E-state index contributed by atoms with van der Waals surface area (Å²) in [4.78, 5) is 4.22. The van der Waals surface area contributed by atoms with Crippen LogP contribution >= 0.6 is 11.6 Å². The van der Waals surface area contributed by atoms with Gasteiger partial charge in [-0.05, 0) is 49.4 Å². The first kappa shape index (κ1) is 16.2. The standard InChI is InChI=1S/C19H18ClN3O2/c20-12-4-5-14(18(25)9-12)19-13-6-7-21-10-15(13)16(22-23-19)8-11-2-1-3-17(11)24/h4-7,9-11,17,24-25H,1-3,8H2/t11-,17+/m1/s1. The number of phenolic OH excluding ortho intramolecular Hbond substituents is 1. The molecule has 2 heterocycles. The van der Waals surface area contributed by atoms with Gasteiger partial charge in [-0.2, -0.15) is 5.10 Å². The summed E-state index contributed by atoms with van der Waals surface area (Å²) in [6.07, 6.45) is 6.80. The molecular weight excluding hydrogens is 338 g/mol. The number of benzene rings is 1. The number of aliphatic hydroxyl groups excluding tert-OH is 1. The SMILES string of the molecule is Oc1cc(Cl)ccc1-c1nnc(C[C@H]2CCC[C@@H]2O)c2cnccc12. The topological polar surface area (TPSA) is 79.1 Å². The fourth-order valence-electron chi connectivity index (χ4n) is 3.61. The van der Waals surface area contributed by atoms with Gasteiger partial charge in [-0.1, -0.05) is 18.0 Å². The molecule has 1 aliphatic carbocycles. The Morgan fingerprint density at radius 1 is 1.12 bits per heavy atom. The largest absolute Gasteiger partial charge is 0.507 e. The number of aliphatic hydroxyl groups is 1. The molecular formula is C19H18ClN3O2. The summed E-state index contributed by atoms with van der Waals surface area (Å²) in [5.41, 5.74) is 2.02. The van der Waals surface area contributed by atoms with Crippen LogP contribution in [0.25, 0.3) is 22.0 Å². The van der Waals surface area contributed by atoms with E-state index in [1.807, 2.05) is 6.07 Å². The maximum atomic E-state index is 10.2. The summed E-state index contributed by atoms with van der Waals surface area (Å²) < 4.78 is 0. The minimum absolute atomic E-state index is 0.0684. The van der Waals surface area contributed by atoms with Gasteiger partial charge in [-0.15, -0.1) is 5.10 Å². The van der Waals surface area contributed by atoms with Gasteiger partial charge in [0.2, 0.25) is 0 Å². The zero-order valence-electron chi connectivity index (χ0n) is 13.6. The van der Waals surface area contributed by atoms with Gasteiger partial charge < -0.3 is 10.2 Å². The van der Waals surface area contributed by atoms with E-state index >= 15 is 0 Å². The van der Waals surface area contributed by atoms with Crippen molar-refractivity contribution in [1.29, 1.82) is 0 Å². The third-order valence-corrected chi connectivity index (χ3v) is 5.18. The average Bonchev–Trinajstić information content (AvgIpc) is 3.01. The van der Waals surface area contributed by atoms with Gasteiger partial charge in [0, 0.05) is 33.8 Å². The molecule has 1 aromatic carbocycles. The van der Waals surface area contributed by atoms with Gasteiger partial charge in [0.1, 0.15) is 11.4 Å². The monoisotopic (exact) mass is 355 g/mol. The smallest absolute Gasteiger partial charge is 0.126 e. The summed E-state index contributed by atoms with van der Waals surface area (Å²) in [5.74, 6) is 0.284. The maximum absolute atomic E-state index is 10.2. The molecule has 0 saturated heterocycles. The molecule has 0 amide bonds. The van der Waals surface area contributed by atoms with Crippen LogP contribution in [-0.2, 0) is 6.42 Å². The lowest BCUT2D eigenvalue weighted by molar-refractivity contribution is 0.132. The highest BCUT2D eigenvalue weighted by Crippen LogP contribution is 2.36. The molecule has 5 nitrogen and oxygen atoms in total. The summed E-state index contributed by atoms with van der Waals surface area (Å²) in [7, 11) is 0. The molecule has 2 atom stereocenters. The van der Waals surface area contributed by atoms with Crippen LogP contribution in [0.15, 0.2) is 36.7 Å². The summed E-state index contributed by atoms with van der Waals surface area (Å²) in [6, 6.07) is 6.83. The first-order chi connectivity index (χ1) is 12.1. The normalized spacial score (nSPS) is 20.2. The number of hydrogen-bond donors (Lipinski definition) is 2. The fourth-order valence-corrected chi connectivity index (χ4v) is 3.77. The molecule has 128 valence electrons. The van der Waals surface area contributed by atoms with Crippen molar-refractivity contribution in [2.75, 3.05) is 0 Å². The van der Waals surface area contributed by atoms with Crippen molar-refractivity contribution in [2.45, 2.75) is 31.8 Å². The van der Waals surface area contributed by atoms with E-state index in [4.69, 9.17) is 11.6 Å². The Labute approximate surface area is 150 Å². The zero-order valence-corrected chi connectivity index (χ0v) is 14.3. The highest BCUT2D eigenvalue weighted by atomic mass is 35.5. The highest BCUT2D eigenvalue weighted by molar-refractivity contribution is 6.30. The summed E-state index contributed by atoms with van der Waals surface area (Å²) in [6.45, 7) is 0. The van der Waals surface area contributed by atoms with Crippen molar-refractivity contribution < 1.29 is 10.2 Å². The maximum Gasteiger partial charge on any atom is 0.126 e. The summed E-state index contributed by atoms with van der Waals surface area (Å²) >= 11 is 5.93. The lowest BCUT2D eigenvalue weighted by Gasteiger charge is -2.15. The quantitative estimate of drug-likeness (QED) is 0.748. The van der Waals surface area contributed by atoms with E-state index in [1.165, 1.54) is 6.07 Å². The second-order valence-corrected chi connectivity index (χ2v) is 6.98. The minimum Gasteiger partial charge on any atom is -0.507 e. The molecule has 4 rings (SSSR count). The molecule has 1 saturated carbocycles. The van der Waals surface area contributed by atoms with Crippen molar-refractivity contribution in [2.24, 2.45) is 5.92 Å². The van der Waals surface area contributed by atoms with E-state index in [1.54, 1.807) is 24.5 Å². The molecule has 0 aliphatic heterocycles. The van der Waals surface area contributed by atoms with Crippen molar-refractivity contribution in [3.63, 3.8) is 0 Å². The highest BCUT2D eigenvalue weighted by Gasteiger charge is 2.27. The lowest BCUT2D eigenvalue weighted by Crippen LogP contribution is -2.16. The van der Waals surface area contributed by atoms with Crippen molar-refractivity contribution in [3.8, 4) is 17.0 Å². The van der Waals surface area contributed by atoms with Crippen molar-refractivity contribution in [3.05, 3.63) is 47.4 Å². The van der Waals surface area contributed by atoms with Crippen LogP contribution in [0, 0.1) is 5.92 Å². The molecule has 0 unspecified atom stereocenters. The number of fused-ring (bicyclic) bond motifs is 1. The van der Waals surface area contributed by atoms with E-state index in [-0.39, 0.29) is 17.8 Å². The third kappa shape index (κ3) is 3.05. The Morgan fingerprint density at radius 2 is 2.00 bits per heavy atom. The number of hydrogen-bond acceptors (Lipinski definition) is 5. The minimum atomic E-state index is -0.270. The van der Waals surface area contributed by atoms with Gasteiger partial charge in [0.15, 0.2) is 0 Å². The number of pyridine rings is 1. The van der Waals surface area contributed by atoms with Gasteiger partial charge in [-0.3, -0.25) is 4.98 Å². The van der Waals surface area contributed by atoms with Crippen LogP contribution in [-0.4, -0.2) is 31.5 Å². The third-order valence-electron chi connectivity index (χ3n) is 4.95. The fraction of sp³-hybridized carbons (Fsp3) is 0.316. The van der Waals surface area contributed by atoms with E-state index in [9.17, 15) is 10.2 Å². The molecule has 6 heteroatoms. The van der Waals surface area contributed by atoms with Gasteiger partial charge in [0.05, 0.1) is 11.8 Å². The molecule has 25 heavy (non-hydrogen) atoms. The van der Waals surface area contributed by atoms with Crippen molar-refractivity contribution in [1.82, 2.24) is 15.2 Å². The van der Waals surface area contributed by atoms with Gasteiger partial charge in [-0.25, -0.2) is 0 Å². The number of rotatable bonds is 3. The predicted molar refractivity (Wildman–Crippen MR) is 96.5 cm³/mol. The average molecular weight is 356 g/mol. The zero-order chi connectivity index (χ0) is 17.4. The first-order valence-electron chi connectivity index (χ1n) is 8.39.